The van der Waals surface area contributed by atoms with E-state index in [9.17, 15) is 14.3 Å². The predicted octanol–water partition coefficient (Wildman–Crippen LogP) is 2.92. The van der Waals surface area contributed by atoms with Crippen LogP contribution in [0.4, 0.5) is 9.18 Å². The highest BCUT2D eigenvalue weighted by Gasteiger charge is 2.21. The van der Waals surface area contributed by atoms with Gasteiger partial charge in [0.2, 0.25) is 0 Å². The summed E-state index contributed by atoms with van der Waals surface area (Å²) < 4.78 is 13.6. The standard InChI is InChI=1S/C16H25FN2O2S/c1-10-6-13(7-11(2)14(10)17)12(3)19-15(20)18-8-16(4,21)9-22-5/h6-7,12,21H,8-9H2,1-5H3,(H2,18,19,20). The van der Waals surface area contributed by atoms with Crippen molar-refractivity contribution in [1.29, 1.82) is 0 Å². The highest BCUT2D eigenvalue weighted by Crippen LogP contribution is 2.20. The molecule has 0 aromatic heterocycles. The molecule has 2 unspecified atom stereocenters. The first-order valence-electron chi connectivity index (χ1n) is 7.18. The second-order valence-electron chi connectivity index (χ2n) is 5.95. The summed E-state index contributed by atoms with van der Waals surface area (Å²) >= 11 is 1.52. The van der Waals surface area contributed by atoms with Gasteiger partial charge < -0.3 is 15.7 Å². The van der Waals surface area contributed by atoms with Crippen LogP contribution >= 0.6 is 11.8 Å². The van der Waals surface area contributed by atoms with E-state index < -0.39 is 5.60 Å². The summed E-state index contributed by atoms with van der Waals surface area (Å²) in [5, 5.41) is 15.5. The Labute approximate surface area is 135 Å². The van der Waals surface area contributed by atoms with Crippen LogP contribution in [0.1, 0.15) is 36.6 Å². The lowest BCUT2D eigenvalue weighted by atomic mass is 10.0. The van der Waals surface area contributed by atoms with Crippen molar-refractivity contribution in [3.63, 3.8) is 0 Å². The van der Waals surface area contributed by atoms with Crippen LogP contribution in [-0.2, 0) is 0 Å². The fourth-order valence-corrected chi connectivity index (χ4v) is 2.92. The van der Waals surface area contributed by atoms with Crippen molar-refractivity contribution >= 4 is 17.8 Å². The maximum absolute atomic E-state index is 13.6. The number of aliphatic hydroxyl groups is 1. The SMILES string of the molecule is CSCC(C)(O)CNC(=O)NC(C)c1cc(C)c(F)c(C)c1. The summed E-state index contributed by atoms with van der Waals surface area (Å²) in [6.07, 6.45) is 1.90. The number of hydrogen-bond donors (Lipinski definition) is 3. The van der Waals surface area contributed by atoms with Gasteiger partial charge in [-0.3, -0.25) is 0 Å². The molecule has 22 heavy (non-hydrogen) atoms. The van der Waals surface area contributed by atoms with Gasteiger partial charge in [-0.15, -0.1) is 0 Å². The maximum atomic E-state index is 13.6. The van der Waals surface area contributed by atoms with Gasteiger partial charge in [-0.1, -0.05) is 12.1 Å². The number of benzene rings is 1. The van der Waals surface area contributed by atoms with Gasteiger partial charge in [-0.2, -0.15) is 11.8 Å². The molecule has 0 saturated heterocycles. The summed E-state index contributed by atoms with van der Waals surface area (Å²) in [6.45, 7) is 7.11. The van der Waals surface area contributed by atoms with Gasteiger partial charge in [0.1, 0.15) is 5.82 Å². The van der Waals surface area contributed by atoms with Crippen molar-refractivity contribution < 1.29 is 14.3 Å². The highest BCUT2D eigenvalue weighted by atomic mass is 32.2. The molecule has 0 fully saturated rings. The van der Waals surface area contributed by atoms with E-state index in [0.717, 1.165) is 5.56 Å². The van der Waals surface area contributed by atoms with E-state index >= 15 is 0 Å². The third-order valence-electron chi connectivity index (χ3n) is 3.39. The summed E-state index contributed by atoms with van der Waals surface area (Å²) in [7, 11) is 0. The Morgan fingerprint density at radius 2 is 1.95 bits per heavy atom. The number of nitrogens with one attached hydrogen (secondary N) is 2. The van der Waals surface area contributed by atoms with Gasteiger partial charge in [0.15, 0.2) is 0 Å². The van der Waals surface area contributed by atoms with Crippen molar-refractivity contribution in [3.05, 3.63) is 34.6 Å². The number of halogens is 1. The quantitative estimate of drug-likeness (QED) is 0.752. The predicted molar refractivity (Wildman–Crippen MR) is 89.8 cm³/mol. The first-order valence-corrected chi connectivity index (χ1v) is 8.58. The Balaban J connectivity index is 2.61. The molecular formula is C16H25FN2O2S. The number of carbonyl (C=O) groups excluding carboxylic acids is 1. The lowest BCUT2D eigenvalue weighted by Gasteiger charge is -2.23. The van der Waals surface area contributed by atoms with E-state index in [0.29, 0.717) is 16.9 Å². The largest absolute Gasteiger partial charge is 0.387 e. The normalized spacial score (nSPS) is 15.0. The molecule has 0 aliphatic heterocycles. The average molecular weight is 328 g/mol. The van der Waals surface area contributed by atoms with Crippen LogP contribution in [0.25, 0.3) is 0 Å². The molecule has 0 bridgehead atoms. The molecule has 0 heterocycles. The molecule has 2 atom stereocenters. The van der Waals surface area contributed by atoms with Crippen molar-refractivity contribution in [2.75, 3.05) is 18.6 Å². The minimum atomic E-state index is -0.941. The highest BCUT2D eigenvalue weighted by molar-refractivity contribution is 7.98. The first kappa shape index (κ1) is 18.8. The van der Waals surface area contributed by atoms with Crippen molar-refractivity contribution in [2.45, 2.75) is 39.3 Å². The monoisotopic (exact) mass is 328 g/mol. The Bertz CT molecular complexity index is 512. The first-order chi connectivity index (χ1) is 10.2. The van der Waals surface area contributed by atoms with Gasteiger partial charge in [0.05, 0.1) is 11.6 Å². The summed E-state index contributed by atoms with van der Waals surface area (Å²) in [5.41, 5.74) is 1.03. The van der Waals surface area contributed by atoms with E-state index in [1.54, 1.807) is 32.9 Å². The molecule has 0 aliphatic rings. The molecule has 2 amide bonds. The van der Waals surface area contributed by atoms with Gasteiger partial charge in [-0.05, 0) is 50.6 Å². The zero-order valence-electron chi connectivity index (χ0n) is 13.8. The minimum Gasteiger partial charge on any atom is -0.387 e. The number of hydrogen-bond acceptors (Lipinski definition) is 3. The number of urea groups is 1. The molecule has 1 aromatic rings. The van der Waals surface area contributed by atoms with E-state index in [1.807, 2.05) is 13.2 Å². The number of carbonyl (C=O) groups is 1. The van der Waals surface area contributed by atoms with Crippen molar-refractivity contribution in [1.82, 2.24) is 10.6 Å². The third kappa shape index (κ3) is 5.50. The lowest BCUT2D eigenvalue weighted by molar-refractivity contribution is 0.0868. The van der Waals surface area contributed by atoms with E-state index in [-0.39, 0.29) is 24.4 Å². The molecule has 1 rings (SSSR count). The average Bonchev–Trinajstić information content (AvgIpc) is 2.42. The zero-order valence-corrected chi connectivity index (χ0v) is 14.6. The molecule has 6 heteroatoms. The molecule has 3 N–H and O–H groups in total. The second-order valence-corrected chi connectivity index (χ2v) is 6.81. The van der Waals surface area contributed by atoms with Crippen LogP contribution in [0.2, 0.25) is 0 Å². The fraction of sp³-hybridized carbons (Fsp3) is 0.562. The molecule has 0 aliphatic carbocycles. The molecule has 0 radical (unpaired) electrons. The topological polar surface area (TPSA) is 61.4 Å². The van der Waals surface area contributed by atoms with Crippen LogP contribution in [0.15, 0.2) is 12.1 Å². The third-order valence-corrected chi connectivity index (χ3v) is 4.30. The Kier molecular flexibility index (Phi) is 6.68. The molecule has 0 saturated carbocycles. The van der Waals surface area contributed by atoms with E-state index in [1.165, 1.54) is 11.8 Å². The van der Waals surface area contributed by atoms with Crippen LogP contribution < -0.4 is 10.6 Å². The van der Waals surface area contributed by atoms with Crippen LogP contribution in [-0.4, -0.2) is 35.3 Å². The number of aryl methyl sites for hydroxylation is 2. The molecule has 124 valence electrons. The molecule has 4 nitrogen and oxygen atoms in total. The van der Waals surface area contributed by atoms with E-state index in [2.05, 4.69) is 10.6 Å². The number of amides is 2. The van der Waals surface area contributed by atoms with Gasteiger partial charge >= 0.3 is 6.03 Å². The van der Waals surface area contributed by atoms with Crippen LogP contribution in [0.3, 0.4) is 0 Å². The molecular weight excluding hydrogens is 303 g/mol. The zero-order chi connectivity index (χ0) is 16.9. The van der Waals surface area contributed by atoms with Gasteiger partial charge in [0, 0.05) is 12.3 Å². The summed E-state index contributed by atoms with van der Waals surface area (Å²) in [4.78, 5) is 11.9. The van der Waals surface area contributed by atoms with Crippen molar-refractivity contribution in [3.8, 4) is 0 Å². The summed E-state index contributed by atoms with van der Waals surface area (Å²) in [5.74, 6) is 0.327. The number of thioether (sulfide) groups is 1. The van der Waals surface area contributed by atoms with E-state index in [4.69, 9.17) is 0 Å². The van der Waals surface area contributed by atoms with Crippen LogP contribution in [0, 0.1) is 19.7 Å². The smallest absolute Gasteiger partial charge is 0.315 e. The van der Waals surface area contributed by atoms with Gasteiger partial charge in [-0.25, -0.2) is 9.18 Å². The fourth-order valence-electron chi connectivity index (χ4n) is 2.19. The Morgan fingerprint density at radius 1 is 1.41 bits per heavy atom. The maximum Gasteiger partial charge on any atom is 0.315 e. The van der Waals surface area contributed by atoms with Gasteiger partial charge in [0.25, 0.3) is 0 Å². The minimum absolute atomic E-state index is 0.174. The molecule has 0 spiro atoms. The molecule has 1 aromatic carbocycles. The second kappa shape index (κ2) is 7.83. The Hall–Kier alpha value is -1.27. The van der Waals surface area contributed by atoms with Crippen LogP contribution in [0.5, 0.6) is 0 Å². The summed E-state index contributed by atoms with van der Waals surface area (Å²) in [6, 6.07) is 2.87. The lowest BCUT2D eigenvalue weighted by Crippen LogP contribution is -2.46. The number of rotatable bonds is 6. The Morgan fingerprint density at radius 3 is 2.45 bits per heavy atom. The van der Waals surface area contributed by atoms with Crippen molar-refractivity contribution in [2.24, 2.45) is 0 Å².